The van der Waals surface area contributed by atoms with Crippen LogP contribution < -0.4 is 16.4 Å². The number of hydrogen-bond acceptors (Lipinski definition) is 6. The molecule has 1 heterocycles. The third kappa shape index (κ3) is 6.89. The predicted molar refractivity (Wildman–Crippen MR) is 88.9 cm³/mol. The lowest BCUT2D eigenvalue weighted by Crippen LogP contribution is -2.58. The molecule has 0 aliphatic heterocycles. The number of aromatic amines is 1. The molecular formula is C15H23N5O6. The predicted octanol–water partition coefficient (Wildman–Crippen LogP) is -1.39. The first-order chi connectivity index (χ1) is 12.0. The van der Waals surface area contributed by atoms with Gasteiger partial charge in [0, 0.05) is 19.0 Å². The van der Waals surface area contributed by atoms with Gasteiger partial charge in [0.15, 0.2) is 0 Å². The molecule has 0 spiro atoms. The SMILES string of the molecule is CC(C)(N)C(=O)N[C@@H](Cc1c[nH]cn1)C(=O)N[C@@H](CCC(=O)O)C(=O)O. The van der Waals surface area contributed by atoms with Crippen LogP contribution in [0, 0.1) is 0 Å². The van der Waals surface area contributed by atoms with E-state index in [0.29, 0.717) is 5.69 Å². The van der Waals surface area contributed by atoms with Gasteiger partial charge in [-0.1, -0.05) is 0 Å². The van der Waals surface area contributed by atoms with E-state index in [-0.39, 0.29) is 12.8 Å². The maximum atomic E-state index is 12.5. The Kier molecular flexibility index (Phi) is 7.26. The largest absolute Gasteiger partial charge is 0.481 e. The topological polar surface area (TPSA) is 187 Å². The highest BCUT2D eigenvalue weighted by Crippen LogP contribution is 2.05. The molecule has 0 aliphatic carbocycles. The summed E-state index contributed by atoms with van der Waals surface area (Å²) < 4.78 is 0. The lowest BCUT2D eigenvalue weighted by atomic mass is 10.0. The number of hydrogen-bond donors (Lipinski definition) is 6. The van der Waals surface area contributed by atoms with Gasteiger partial charge in [-0.25, -0.2) is 9.78 Å². The molecule has 0 saturated carbocycles. The Hall–Kier alpha value is -2.95. The number of aliphatic carboxylic acids is 2. The molecule has 0 bridgehead atoms. The summed E-state index contributed by atoms with van der Waals surface area (Å²) in [7, 11) is 0. The molecule has 0 aromatic carbocycles. The molecule has 11 nitrogen and oxygen atoms in total. The van der Waals surface area contributed by atoms with E-state index in [1.165, 1.54) is 26.4 Å². The number of amides is 2. The Morgan fingerprint density at radius 2 is 1.88 bits per heavy atom. The lowest BCUT2D eigenvalue weighted by molar-refractivity contribution is -0.143. The van der Waals surface area contributed by atoms with Gasteiger partial charge >= 0.3 is 11.9 Å². The molecule has 1 aromatic rings. The van der Waals surface area contributed by atoms with Crippen molar-refractivity contribution < 1.29 is 29.4 Å². The van der Waals surface area contributed by atoms with Crippen LogP contribution in [0.25, 0.3) is 0 Å². The number of carboxylic acids is 2. The van der Waals surface area contributed by atoms with Gasteiger partial charge in [0.25, 0.3) is 0 Å². The Balaban J connectivity index is 2.89. The number of carbonyl (C=O) groups is 4. The number of H-pyrrole nitrogens is 1. The van der Waals surface area contributed by atoms with Gasteiger partial charge in [0.05, 0.1) is 17.6 Å². The molecule has 144 valence electrons. The average Bonchev–Trinajstić information content (AvgIpc) is 3.01. The molecule has 2 amide bonds. The van der Waals surface area contributed by atoms with E-state index in [4.69, 9.17) is 15.9 Å². The van der Waals surface area contributed by atoms with Crippen LogP contribution in [0.3, 0.4) is 0 Å². The third-order valence-electron chi connectivity index (χ3n) is 3.44. The summed E-state index contributed by atoms with van der Waals surface area (Å²) in [5.41, 5.74) is 4.93. The average molecular weight is 369 g/mol. The molecular weight excluding hydrogens is 346 g/mol. The van der Waals surface area contributed by atoms with Crippen LogP contribution in [0.4, 0.5) is 0 Å². The number of aromatic nitrogens is 2. The van der Waals surface area contributed by atoms with Crippen molar-refractivity contribution in [2.75, 3.05) is 0 Å². The van der Waals surface area contributed by atoms with Gasteiger partial charge < -0.3 is 31.6 Å². The van der Waals surface area contributed by atoms with Crippen molar-refractivity contribution in [1.82, 2.24) is 20.6 Å². The van der Waals surface area contributed by atoms with Crippen LogP contribution in [0.15, 0.2) is 12.5 Å². The van der Waals surface area contributed by atoms with Crippen LogP contribution in [0.5, 0.6) is 0 Å². The van der Waals surface area contributed by atoms with Crippen LogP contribution in [0.2, 0.25) is 0 Å². The summed E-state index contributed by atoms with van der Waals surface area (Å²) in [5.74, 6) is -3.94. The van der Waals surface area contributed by atoms with E-state index in [1.807, 2.05) is 0 Å². The number of nitrogens with two attached hydrogens (primary N) is 1. The van der Waals surface area contributed by atoms with Crippen LogP contribution in [0.1, 0.15) is 32.4 Å². The molecule has 0 radical (unpaired) electrons. The normalized spacial score (nSPS) is 13.5. The highest BCUT2D eigenvalue weighted by molar-refractivity contribution is 5.93. The van der Waals surface area contributed by atoms with Crippen molar-refractivity contribution in [1.29, 1.82) is 0 Å². The van der Waals surface area contributed by atoms with E-state index in [9.17, 15) is 19.2 Å². The van der Waals surface area contributed by atoms with Crippen molar-refractivity contribution in [2.45, 2.75) is 50.7 Å². The monoisotopic (exact) mass is 369 g/mol. The minimum atomic E-state index is -1.40. The van der Waals surface area contributed by atoms with Crippen molar-refractivity contribution in [2.24, 2.45) is 5.73 Å². The van der Waals surface area contributed by atoms with E-state index in [2.05, 4.69) is 20.6 Å². The maximum absolute atomic E-state index is 12.5. The molecule has 0 aliphatic rings. The number of nitrogens with one attached hydrogen (secondary N) is 3. The zero-order valence-electron chi connectivity index (χ0n) is 14.5. The van der Waals surface area contributed by atoms with Crippen LogP contribution >= 0.6 is 0 Å². The van der Waals surface area contributed by atoms with E-state index >= 15 is 0 Å². The van der Waals surface area contributed by atoms with Crippen molar-refractivity contribution in [3.05, 3.63) is 18.2 Å². The van der Waals surface area contributed by atoms with Crippen LogP contribution in [-0.4, -0.2) is 61.6 Å². The van der Waals surface area contributed by atoms with Crippen molar-refractivity contribution in [3.8, 4) is 0 Å². The van der Waals surface area contributed by atoms with Gasteiger partial charge in [0.1, 0.15) is 12.1 Å². The highest BCUT2D eigenvalue weighted by Gasteiger charge is 2.31. The summed E-state index contributed by atoms with van der Waals surface area (Å²) in [6.45, 7) is 2.91. The molecule has 0 unspecified atom stereocenters. The third-order valence-corrected chi connectivity index (χ3v) is 3.44. The zero-order chi connectivity index (χ0) is 19.9. The quantitative estimate of drug-likeness (QED) is 0.290. The Morgan fingerprint density at radius 1 is 1.23 bits per heavy atom. The summed E-state index contributed by atoms with van der Waals surface area (Å²) in [6, 6.07) is -2.52. The number of carbonyl (C=O) groups excluding carboxylic acids is 2. The van der Waals surface area contributed by atoms with Gasteiger partial charge in [-0.15, -0.1) is 0 Å². The summed E-state index contributed by atoms with van der Waals surface area (Å²) in [4.78, 5) is 53.1. The molecule has 0 fully saturated rings. The number of rotatable bonds is 10. The van der Waals surface area contributed by atoms with Gasteiger partial charge in [-0.3, -0.25) is 14.4 Å². The summed E-state index contributed by atoms with van der Waals surface area (Å²) in [5, 5.41) is 22.5. The molecule has 7 N–H and O–H groups in total. The second-order valence-corrected chi connectivity index (χ2v) is 6.34. The highest BCUT2D eigenvalue weighted by atomic mass is 16.4. The zero-order valence-corrected chi connectivity index (χ0v) is 14.5. The Labute approximate surface area is 149 Å². The smallest absolute Gasteiger partial charge is 0.326 e. The first kappa shape index (κ1) is 21.1. The minimum Gasteiger partial charge on any atom is -0.481 e. The maximum Gasteiger partial charge on any atom is 0.326 e. The van der Waals surface area contributed by atoms with Crippen LogP contribution in [-0.2, 0) is 25.6 Å². The van der Waals surface area contributed by atoms with Crippen molar-refractivity contribution >= 4 is 23.8 Å². The molecule has 26 heavy (non-hydrogen) atoms. The summed E-state index contributed by atoms with van der Waals surface area (Å²) >= 11 is 0. The minimum absolute atomic E-state index is 0.00240. The molecule has 2 atom stereocenters. The van der Waals surface area contributed by atoms with Gasteiger partial charge in [-0.2, -0.15) is 0 Å². The number of carboxylic acid groups (broad SMARTS) is 2. The van der Waals surface area contributed by atoms with Gasteiger partial charge in [0.2, 0.25) is 11.8 Å². The molecule has 1 aromatic heterocycles. The molecule has 1 rings (SSSR count). The fraction of sp³-hybridized carbons (Fsp3) is 0.533. The lowest BCUT2D eigenvalue weighted by Gasteiger charge is -2.24. The van der Waals surface area contributed by atoms with E-state index in [1.54, 1.807) is 0 Å². The van der Waals surface area contributed by atoms with E-state index < -0.39 is 47.8 Å². The second kappa shape index (κ2) is 8.94. The fourth-order valence-electron chi connectivity index (χ4n) is 1.96. The first-order valence-electron chi connectivity index (χ1n) is 7.83. The van der Waals surface area contributed by atoms with Gasteiger partial charge in [-0.05, 0) is 20.3 Å². The summed E-state index contributed by atoms with van der Waals surface area (Å²) in [6.07, 6.45) is 2.21. The van der Waals surface area contributed by atoms with E-state index in [0.717, 1.165) is 0 Å². The first-order valence-corrected chi connectivity index (χ1v) is 7.83. The standard InChI is InChI=1S/C15H23N5O6/c1-15(2,16)14(26)20-10(5-8-6-17-7-18-8)12(23)19-9(13(24)25)3-4-11(21)22/h6-7,9-10H,3-5,16H2,1-2H3,(H,17,18)(H,19,23)(H,20,26)(H,21,22)(H,24,25)/t9-,10-/m0/s1. The number of nitrogens with zero attached hydrogens (tertiary/aromatic N) is 1. The second-order valence-electron chi connectivity index (χ2n) is 6.34. The Morgan fingerprint density at radius 3 is 2.35 bits per heavy atom. The number of imidazole rings is 1. The Bertz CT molecular complexity index is 652. The molecule has 11 heteroatoms. The molecule has 0 saturated heterocycles. The fourth-order valence-corrected chi connectivity index (χ4v) is 1.96. The van der Waals surface area contributed by atoms with Crippen molar-refractivity contribution in [3.63, 3.8) is 0 Å².